The van der Waals surface area contributed by atoms with Gasteiger partial charge in [0.1, 0.15) is 17.3 Å². The summed E-state index contributed by atoms with van der Waals surface area (Å²) in [6, 6.07) is 17.2. The number of hydrogen-bond donors (Lipinski definition) is 1. The molecule has 8 heteroatoms. The Labute approximate surface area is 205 Å². The van der Waals surface area contributed by atoms with E-state index in [9.17, 15) is 14.7 Å². The van der Waals surface area contributed by atoms with E-state index in [1.54, 1.807) is 50.6 Å². The van der Waals surface area contributed by atoms with Gasteiger partial charge in [0.05, 0.1) is 31.5 Å². The lowest BCUT2D eigenvalue weighted by Crippen LogP contribution is -2.29. The molecule has 0 spiro atoms. The molecule has 1 saturated heterocycles. The van der Waals surface area contributed by atoms with E-state index in [2.05, 4.69) is 4.98 Å². The van der Waals surface area contributed by atoms with Gasteiger partial charge in [-0.1, -0.05) is 30.3 Å². The van der Waals surface area contributed by atoms with Crippen LogP contribution in [-0.4, -0.2) is 36.0 Å². The van der Waals surface area contributed by atoms with Crippen molar-refractivity contribution in [1.82, 2.24) is 4.98 Å². The number of carbonyl (C=O) groups excluding carboxylic acids is 2. The monoisotopic (exact) mass is 486 g/mol. The fourth-order valence-electron chi connectivity index (χ4n) is 4.24. The molecule has 4 aromatic rings. The molecule has 1 unspecified atom stereocenters. The van der Waals surface area contributed by atoms with E-state index in [1.165, 1.54) is 16.2 Å². The van der Waals surface area contributed by atoms with Gasteiger partial charge in [-0.25, -0.2) is 4.98 Å². The number of amides is 1. The van der Waals surface area contributed by atoms with Crippen molar-refractivity contribution in [2.45, 2.75) is 13.0 Å². The molecule has 1 amide bonds. The fraction of sp³-hybridized carbons (Fsp3) is 0.148. The second kappa shape index (κ2) is 8.88. The van der Waals surface area contributed by atoms with Gasteiger partial charge < -0.3 is 14.6 Å². The number of aromatic nitrogens is 1. The zero-order chi connectivity index (χ0) is 24.7. The van der Waals surface area contributed by atoms with Crippen molar-refractivity contribution in [3.63, 3.8) is 0 Å². The Hall–Kier alpha value is -4.17. The minimum atomic E-state index is -0.835. The maximum Gasteiger partial charge on any atom is 0.301 e. The molecule has 1 atom stereocenters. The van der Waals surface area contributed by atoms with Crippen molar-refractivity contribution >= 4 is 44.7 Å². The fourth-order valence-corrected chi connectivity index (χ4v) is 5.06. The zero-order valence-electron chi connectivity index (χ0n) is 19.3. The first-order chi connectivity index (χ1) is 16.9. The summed E-state index contributed by atoms with van der Waals surface area (Å²) in [7, 11) is 3.16. The summed E-state index contributed by atoms with van der Waals surface area (Å²) in [6.45, 7) is 1.82. The predicted molar refractivity (Wildman–Crippen MR) is 135 cm³/mol. The number of benzene rings is 3. The Bertz CT molecular complexity index is 1490. The highest BCUT2D eigenvalue weighted by Crippen LogP contribution is 2.43. The SMILES string of the molecule is COc1ccc(C2/C(=C(\O)c3ccc4cc(OC)ccc4c3)C(=O)C(=O)N2c2nc(C)cs2)cc1. The van der Waals surface area contributed by atoms with Gasteiger partial charge in [0, 0.05) is 10.9 Å². The molecule has 2 heterocycles. The van der Waals surface area contributed by atoms with Gasteiger partial charge in [-0.05, 0) is 53.6 Å². The van der Waals surface area contributed by atoms with Crippen LogP contribution in [0.25, 0.3) is 16.5 Å². The summed E-state index contributed by atoms with van der Waals surface area (Å²) in [5.74, 6) is -0.366. The molecule has 0 saturated carbocycles. The number of nitrogens with zero attached hydrogens (tertiary/aromatic N) is 2. The number of ketones is 1. The second-order valence-electron chi connectivity index (χ2n) is 8.14. The molecule has 1 aliphatic heterocycles. The summed E-state index contributed by atoms with van der Waals surface area (Å²) in [4.78, 5) is 32.3. The first-order valence-corrected chi connectivity index (χ1v) is 11.7. The lowest BCUT2D eigenvalue weighted by molar-refractivity contribution is -0.132. The molecule has 0 aliphatic carbocycles. The van der Waals surface area contributed by atoms with Crippen LogP contribution in [0.3, 0.4) is 0 Å². The molecule has 7 nitrogen and oxygen atoms in total. The van der Waals surface area contributed by atoms with Crippen LogP contribution in [-0.2, 0) is 9.59 Å². The number of ether oxygens (including phenoxy) is 2. The number of anilines is 1. The number of rotatable bonds is 5. The average Bonchev–Trinajstić information content (AvgIpc) is 3.43. The van der Waals surface area contributed by atoms with Crippen LogP contribution in [0.5, 0.6) is 11.5 Å². The summed E-state index contributed by atoms with van der Waals surface area (Å²) < 4.78 is 10.5. The van der Waals surface area contributed by atoms with Crippen molar-refractivity contribution in [1.29, 1.82) is 0 Å². The highest BCUT2D eigenvalue weighted by molar-refractivity contribution is 7.14. The Kier molecular flexibility index (Phi) is 5.74. The summed E-state index contributed by atoms with van der Waals surface area (Å²) in [6.07, 6.45) is 0. The molecule has 35 heavy (non-hydrogen) atoms. The minimum Gasteiger partial charge on any atom is -0.507 e. The van der Waals surface area contributed by atoms with Crippen molar-refractivity contribution in [2.75, 3.05) is 19.1 Å². The van der Waals surface area contributed by atoms with E-state index < -0.39 is 17.7 Å². The quantitative estimate of drug-likeness (QED) is 0.236. The Balaban J connectivity index is 1.69. The lowest BCUT2D eigenvalue weighted by Gasteiger charge is -2.23. The van der Waals surface area contributed by atoms with E-state index in [4.69, 9.17) is 9.47 Å². The average molecular weight is 487 g/mol. The number of aliphatic hydroxyl groups is 1. The summed E-state index contributed by atoms with van der Waals surface area (Å²) in [5.41, 5.74) is 1.85. The molecule has 1 fully saturated rings. The van der Waals surface area contributed by atoms with E-state index >= 15 is 0 Å². The van der Waals surface area contributed by atoms with Crippen molar-refractivity contribution < 1.29 is 24.2 Å². The smallest absolute Gasteiger partial charge is 0.301 e. The van der Waals surface area contributed by atoms with Crippen LogP contribution >= 0.6 is 11.3 Å². The third kappa shape index (κ3) is 3.91. The highest BCUT2D eigenvalue weighted by Gasteiger charge is 2.48. The zero-order valence-corrected chi connectivity index (χ0v) is 20.1. The predicted octanol–water partition coefficient (Wildman–Crippen LogP) is 5.25. The highest BCUT2D eigenvalue weighted by atomic mass is 32.1. The van der Waals surface area contributed by atoms with Crippen LogP contribution in [0.4, 0.5) is 5.13 Å². The van der Waals surface area contributed by atoms with Crippen LogP contribution in [0.2, 0.25) is 0 Å². The van der Waals surface area contributed by atoms with Gasteiger partial charge in [-0.2, -0.15) is 0 Å². The topological polar surface area (TPSA) is 89.0 Å². The minimum absolute atomic E-state index is 0.0147. The number of Topliss-reactive ketones (excluding diaryl/α,β-unsaturated/α-hetero) is 1. The lowest BCUT2D eigenvalue weighted by atomic mass is 9.94. The van der Waals surface area contributed by atoms with Crippen LogP contribution < -0.4 is 14.4 Å². The Morgan fingerprint density at radius 2 is 1.60 bits per heavy atom. The summed E-state index contributed by atoms with van der Waals surface area (Å²) in [5, 5.41) is 15.4. The number of aliphatic hydroxyl groups excluding tert-OH is 1. The molecule has 1 aromatic heterocycles. The molecule has 1 N–H and O–H groups in total. The Morgan fingerprint density at radius 3 is 2.26 bits per heavy atom. The molecule has 0 bridgehead atoms. The third-order valence-electron chi connectivity index (χ3n) is 6.01. The van der Waals surface area contributed by atoms with Gasteiger partial charge in [0.15, 0.2) is 5.13 Å². The third-order valence-corrected chi connectivity index (χ3v) is 6.97. The standard InChI is InChI=1S/C27H22N2O5S/c1-15-14-35-27(28-15)29-23(16-6-9-20(33-2)10-7-16)22(25(31)26(29)32)24(30)19-5-4-18-13-21(34-3)11-8-17(18)12-19/h4-14,23,30H,1-3H3/b24-22+. The van der Waals surface area contributed by atoms with Crippen molar-refractivity contribution in [2.24, 2.45) is 0 Å². The van der Waals surface area contributed by atoms with Crippen molar-refractivity contribution in [3.8, 4) is 11.5 Å². The van der Waals surface area contributed by atoms with Crippen molar-refractivity contribution in [3.05, 3.63) is 88.4 Å². The maximum atomic E-state index is 13.3. The Morgan fingerprint density at radius 1 is 0.943 bits per heavy atom. The first kappa shape index (κ1) is 22.6. The number of methoxy groups -OCH3 is 2. The van der Waals surface area contributed by atoms with Gasteiger partial charge in [-0.15, -0.1) is 11.3 Å². The van der Waals surface area contributed by atoms with Gasteiger partial charge in [-0.3, -0.25) is 14.5 Å². The van der Waals surface area contributed by atoms with E-state index in [0.29, 0.717) is 22.0 Å². The number of fused-ring (bicyclic) bond motifs is 1. The van der Waals surface area contributed by atoms with Gasteiger partial charge in [0.25, 0.3) is 5.78 Å². The van der Waals surface area contributed by atoms with E-state index in [0.717, 1.165) is 22.2 Å². The molecule has 176 valence electrons. The van der Waals surface area contributed by atoms with E-state index in [-0.39, 0.29) is 11.3 Å². The largest absolute Gasteiger partial charge is 0.507 e. The molecule has 5 rings (SSSR count). The molecular formula is C27H22N2O5S. The molecule has 3 aromatic carbocycles. The van der Waals surface area contributed by atoms with E-state index in [1.807, 2.05) is 36.6 Å². The summed E-state index contributed by atoms with van der Waals surface area (Å²) >= 11 is 1.27. The first-order valence-electron chi connectivity index (χ1n) is 10.9. The van der Waals surface area contributed by atoms with Crippen LogP contribution in [0.1, 0.15) is 22.9 Å². The second-order valence-corrected chi connectivity index (χ2v) is 8.98. The van der Waals surface area contributed by atoms with Crippen LogP contribution in [0.15, 0.2) is 71.6 Å². The number of thiazole rings is 1. The number of carbonyl (C=O) groups is 2. The van der Waals surface area contributed by atoms with Crippen LogP contribution in [0, 0.1) is 6.92 Å². The normalized spacial score (nSPS) is 17.2. The molecule has 1 aliphatic rings. The molecular weight excluding hydrogens is 464 g/mol. The maximum absolute atomic E-state index is 13.3. The molecule has 0 radical (unpaired) electrons. The number of hydrogen-bond acceptors (Lipinski definition) is 7. The number of aryl methyl sites for hydroxylation is 1. The van der Waals surface area contributed by atoms with Gasteiger partial charge in [0.2, 0.25) is 0 Å². The van der Waals surface area contributed by atoms with Gasteiger partial charge >= 0.3 is 5.91 Å².